The van der Waals surface area contributed by atoms with Crippen molar-refractivity contribution in [2.45, 2.75) is 50.9 Å². The van der Waals surface area contributed by atoms with Crippen molar-refractivity contribution in [1.29, 1.82) is 0 Å². The molecule has 4 fully saturated rings. The Balaban J connectivity index is 1.47. The minimum Gasteiger partial charge on any atom is -0.334 e. The van der Waals surface area contributed by atoms with Crippen molar-refractivity contribution < 1.29 is 0 Å². The van der Waals surface area contributed by atoms with Gasteiger partial charge in [0.25, 0.3) is 0 Å². The molecule has 0 unspecified atom stereocenters. The first-order valence-electron chi connectivity index (χ1n) is 9.87. The minimum absolute atomic E-state index is 0.646. The number of piperidine rings is 3. The molecule has 0 saturated carbocycles. The lowest BCUT2D eigenvalue weighted by Crippen LogP contribution is -2.60. The van der Waals surface area contributed by atoms with E-state index in [2.05, 4.69) is 62.8 Å². The van der Waals surface area contributed by atoms with E-state index in [0.717, 1.165) is 19.0 Å². The summed E-state index contributed by atoms with van der Waals surface area (Å²) in [5.74, 6) is 1.52. The van der Waals surface area contributed by atoms with Gasteiger partial charge in [-0.25, -0.2) is 4.98 Å². The van der Waals surface area contributed by atoms with Gasteiger partial charge in [-0.3, -0.25) is 9.80 Å². The zero-order valence-electron chi connectivity index (χ0n) is 15.1. The Bertz CT molecular complexity index is 717. The van der Waals surface area contributed by atoms with Crippen LogP contribution in [0.4, 0.5) is 0 Å². The van der Waals surface area contributed by atoms with Crippen molar-refractivity contribution in [3.8, 4) is 0 Å². The van der Waals surface area contributed by atoms with E-state index in [-0.39, 0.29) is 0 Å². The van der Waals surface area contributed by atoms with Crippen LogP contribution >= 0.6 is 0 Å². The normalized spacial score (nSPS) is 34.4. The summed E-state index contributed by atoms with van der Waals surface area (Å²) in [4.78, 5) is 9.96. The Kier molecular flexibility index (Phi) is 3.90. The van der Waals surface area contributed by atoms with Crippen LogP contribution in [0.2, 0.25) is 0 Å². The molecule has 4 aliphatic rings. The van der Waals surface area contributed by atoms with Gasteiger partial charge in [-0.1, -0.05) is 30.3 Å². The van der Waals surface area contributed by atoms with Crippen LogP contribution in [0.15, 0.2) is 42.9 Å². The fourth-order valence-electron chi connectivity index (χ4n) is 5.69. The Hall–Kier alpha value is -1.65. The Morgan fingerprint density at radius 3 is 2.64 bits per heavy atom. The molecule has 0 spiro atoms. The van der Waals surface area contributed by atoms with E-state index in [1.54, 1.807) is 0 Å². The first-order chi connectivity index (χ1) is 12.3. The minimum atomic E-state index is 0.646. The highest BCUT2D eigenvalue weighted by atomic mass is 15.3. The van der Waals surface area contributed by atoms with Crippen LogP contribution < -0.4 is 0 Å². The van der Waals surface area contributed by atoms with Gasteiger partial charge >= 0.3 is 0 Å². The number of hydrogen-bond donors (Lipinski definition) is 0. The number of aryl methyl sites for hydroxylation is 1. The van der Waals surface area contributed by atoms with Crippen LogP contribution in [0.1, 0.15) is 36.9 Å². The molecule has 0 radical (unpaired) electrons. The zero-order valence-corrected chi connectivity index (χ0v) is 15.1. The highest BCUT2D eigenvalue weighted by molar-refractivity contribution is 5.27. The molecule has 2 aromatic rings. The monoisotopic (exact) mass is 336 g/mol. The van der Waals surface area contributed by atoms with Crippen LogP contribution in [0.3, 0.4) is 0 Å². The largest absolute Gasteiger partial charge is 0.334 e. The third-order valence-electron chi connectivity index (χ3n) is 6.83. The highest BCUT2D eigenvalue weighted by Gasteiger charge is 2.53. The van der Waals surface area contributed by atoms with E-state index in [1.165, 1.54) is 43.7 Å². The molecular weight excluding hydrogens is 308 g/mol. The molecule has 0 aliphatic carbocycles. The molecule has 0 N–H and O–H groups in total. The smallest absolute Gasteiger partial charge is 0.0948 e. The number of hydrogen-bond acceptors (Lipinski definition) is 3. The summed E-state index contributed by atoms with van der Waals surface area (Å²) in [6.45, 7) is 8.05. The SMILES string of the molecule is CCn1cncc1CN1C[C@H](c2ccccc2)[C@H]2[C@@H]1C1CCN2CC1. The van der Waals surface area contributed by atoms with Crippen LogP contribution in [-0.4, -0.2) is 51.1 Å². The Morgan fingerprint density at radius 1 is 1.08 bits per heavy atom. The van der Waals surface area contributed by atoms with E-state index in [4.69, 9.17) is 0 Å². The number of benzene rings is 1. The van der Waals surface area contributed by atoms with Gasteiger partial charge in [0.15, 0.2) is 0 Å². The number of nitrogens with zero attached hydrogens (tertiary/aromatic N) is 4. The number of aromatic nitrogens is 2. The molecule has 6 rings (SSSR count). The van der Waals surface area contributed by atoms with Crippen molar-refractivity contribution in [3.05, 3.63) is 54.1 Å². The van der Waals surface area contributed by atoms with Crippen LogP contribution in [0.5, 0.6) is 0 Å². The third kappa shape index (κ3) is 2.54. The van der Waals surface area contributed by atoms with Gasteiger partial charge in [0.1, 0.15) is 0 Å². The Labute approximate surface area is 150 Å². The number of rotatable bonds is 4. The highest BCUT2D eigenvalue weighted by Crippen LogP contribution is 2.46. The van der Waals surface area contributed by atoms with Crippen LogP contribution in [0, 0.1) is 5.92 Å². The molecule has 0 amide bonds. The molecule has 4 nitrogen and oxygen atoms in total. The molecule has 132 valence electrons. The van der Waals surface area contributed by atoms with Gasteiger partial charge in [0.05, 0.1) is 12.0 Å². The second-order valence-corrected chi connectivity index (χ2v) is 7.97. The maximum absolute atomic E-state index is 4.39. The summed E-state index contributed by atoms with van der Waals surface area (Å²) in [5, 5.41) is 0. The lowest BCUT2D eigenvalue weighted by Gasteiger charge is -2.51. The maximum atomic E-state index is 4.39. The van der Waals surface area contributed by atoms with E-state index in [0.29, 0.717) is 18.0 Å². The van der Waals surface area contributed by atoms with Crippen LogP contribution in [0.25, 0.3) is 0 Å². The van der Waals surface area contributed by atoms with Crippen molar-refractivity contribution in [2.75, 3.05) is 19.6 Å². The molecule has 4 aliphatic heterocycles. The molecular formula is C21H28N4. The number of likely N-dealkylation sites (tertiary alicyclic amines) is 1. The van der Waals surface area contributed by atoms with E-state index in [1.807, 2.05) is 6.33 Å². The molecule has 4 heteroatoms. The third-order valence-corrected chi connectivity index (χ3v) is 6.83. The van der Waals surface area contributed by atoms with Crippen molar-refractivity contribution in [1.82, 2.24) is 19.4 Å². The fourth-order valence-corrected chi connectivity index (χ4v) is 5.69. The molecule has 1 aromatic carbocycles. The number of imidazole rings is 1. The van der Waals surface area contributed by atoms with Crippen molar-refractivity contribution in [3.63, 3.8) is 0 Å². The second kappa shape index (κ2) is 6.26. The first-order valence-corrected chi connectivity index (χ1v) is 9.87. The van der Waals surface area contributed by atoms with Crippen molar-refractivity contribution in [2.24, 2.45) is 5.92 Å². The van der Waals surface area contributed by atoms with Gasteiger partial charge in [0.2, 0.25) is 0 Å². The summed E-state index contributed by atoms with van der Waals surface area (Å²) in [5.41, 5.74) is 2.89. The van der Waals surface area contributed by atoms with Gasteiger partial charge in [-0.2, -0.15) is 0 Å². The molecule has 2 bridgehead atoms. The summed E-state index contributed by atoms with van der Waals surface area (Å²) in [6, 6.07) is 12.6. The van der Waals surface area contributed by atoms with Gasteiger partial charge in [-0.05, 0) is 44.3 Å². The molecule has 1 aromatic heterocycles. The van der Waals surface area contributed by atoms with Gasteiger partial charge < -0.3 is 4.57 Å². The zero-order chi connectivity index (χ0) is 16.8. The lowest BCUT2D eigenvalue weighted by molar-refractivity contribution is -0.00920. The predicted molar refractivity (Wildman–Crippen MR) is 99.4 cm³/mol. The standard InChI is InChI=1S/C21H28N4/c1-2-23-15-22-12-18(23)13-25-14-19(16-6-4-3-5-7-16)21-20(25)17-8-10-24(21)11-9-17/h3-7,12,15,17,19-21H,2,8-11,13-14H2,1H3/t19-,20+,21+/m1/s1. The van der Waals surface area contributed by atoms with E-state index < -0.39 is 0 Å². The average Bonchev–Trinajstić information content (AvgIpc) is 3.29. The summed E-state index contributed by atoms with van der Waals surface area (Å²) in [6.07, 6.45) is 6.81. The van der Waals surface area contributed by atoms with E-state index in [9.17, 15) is 0 Å². The topological polar surface area (TPSA) is 24.3 Å². The second-order valence-electron chi connectivity index (χ2n) is 7.97. The van der Waals surface area contributed by atoms with Gasteiger partial charge in [0, 0.05) is 43.8 Å². The molecule has 25 heavy (non-hydrogen) atoms. The Morgan fingerprint density at radius 2 is 1.88 bits per heavy atom. The molecule has 4 saturated heterocycles. The van der Waals surface area contributed by atoms with E-state index >= 15 is 0 Å². The fraction of sp³-hybridized carbons (Fsp3) is 0.571. The lowest BCUT2D eigenvalue weighted by atomic mass is 9.75. The quantitative estimate of drug-likeness (QED) is 0.858. The predicted octanol–water partition coefficient (Wildman–Crippen LogP) is 2.97. The molecule has 3 atom stereocenters. The maximum Gasteiger partial charge on any atom is 0.0948 e. The summed E-state index contributed by atoms with van der Waals surface area (Å²) in [7, 11) is 0. The van der Waals surface area contributed by atoms with Gasteiger partial charge in [-0.15, -0.1) is 0 Å². The molecule has 5 heterocycles. The number of fused-ring (bicyclic) bond motifs is 2. The van der Waals surface area contributed by atoms with Crippen LogP contribution in [-0.2, 0) is 13.1 Å². The average molecular weight is 336 g/mol. The van der Waals surface area contributed by atoms with Crippen molar-refractivity contribution >= 4 is 0 Å². The summed E-state index contributed by atoms with van der Waals surface area (Å²) < 4.78 is 2.30. The first kappa shape index (κ1) is 15.6. The summed E-state index contributed by atoms with van der Waals surface area (Å²) >= 11 is 0.